The van der Waals surface area contributed by atoms with Crippen LogP contribution in [-0.2, 0) is 10.8 Å². The zero-order chi connectivity index (χ0) is 51.1. The van der Waals surface area contributed by atoms with Crippen molar-refractivity contribution in [2.75, 3.05) is 9.80 Å². The summed E-state index contributed by atoms with van der Waals surface area (Å²) in [4.78, 5) is 4.79. The van der Waals surface area contributed by atoms with E-state index in [-0.39, 0.29) is 10.8 Å². The summed E-state index contributed by atoms with van der Waals surface area (Å²) in [5.74, 6) is 0. The molecule has 0 fully saturated rings. The van der Waals surface area contributed by atoms with Gasteiger partial charge in [0.25, 0.3) is 0 Å². The average Bonchev–Trinajstić information content (AvgIpc) is 3.90. The standard InChI is InChI=1S/C74H56N2/c1-73(2)69-21-13-11-19-65(69)67-43-31-55-47-61(41-45-63(55)71(67)73)75(57-33-23-51(24-34-57)49-15-7-5-8-16-49)59-37-27-53(28-38-59)54-29-39-60(40-30-54)76(58-35-25-52(26-36-58)50-17-9-6-10-18-50)62-42-46-64-56(48-62)32-44-68-66-20-12-14-22-70(66)74(3,4)72(64)68/h5-48H,1-4H3. The number of benzene rings is 12. The first kappa shape index (κ1) is 45.4. The Labute approximate surface area is 446 Å². The summed E-state index contributed by atoms with van der Waals surface area (Å²) in [6.07, 6.45) is 0. The van der Waals surface area contributed by atoms with Crippen molar-refractivity contribution in [3.8, 4) is 55.6 Å². The van der Waals surface area contributed by atoms with Gasteiger partial charge in [-0.3, -0.25) is 0 Å². The molecule has 12 aromatic rings. The Bertz CT molecular complexity index is 3900. The molecule has 0 unspecified atom stereocenters. The van der Waals surface area contributed by atoms with Gasteiger partial charge in [-0.1, -0.05) is 222 Å². The van der Waals surface area contributed by atoms with Crippen molar-refractivity contribution < 1.29 is 0 Å². The lowest BCUT2D eigenvalue weighted by Crippen LogP contribution is -2.15. The minimum absolute atomic E-state index is 0.0945. The van der Waals surface area contributed by atoms with Crippen LogP contribution in [0.25, 0.3) is 77.2 Å². The maximum Gasteiger partial charge on any atom is 0.0468 e. The third kappa shape index (κ3) is 7.39. The maximum atomic E-state index is 2.40. The van der Waals surface area contributed by atoms with E-state index in [1.54, 1.807) is 0 Å². The minimum atomic E-state index is -0.0945. The Balaban J connectivity index is 0.820. The van der Waals surface area contributed by atoms with Crippen LogP contribution in [0.4, 0.5) is 34.1 Å². The number of hydrogen-bond donors (Lipinski definition) is 0. The first-order valence-corrected chi connectivity index (χ1v) is 26.7. The Kier molecular flexibility index (Phi) is 10.6. The van der Waals surface area contributed by atoms with Gasteiger partial charge in [0.1, 0.15) is 0 Å². The van der Waals surface area contributed by atoms with E-state index in [4.69, 9.17) is 0 Å². The summed E-state index contributed by atoms with van der Waals surface area (Å²) < 4.78 is 0. The Hall–Kier alpha value is -9.24. The van der Waals surface area contributed by atoms with Crippen LogP contribution in [0.3, 0.4) is 0 Å². The molecule has 0 N–H and O–H groups in total. The first-order chi connectivity index (χ1) is 37.2. The Morgan fingerprint density at radius 1 is 0.237 bits per heavy atom. The summed E-state index contributed by atoms with van der Waals surface area (Å²) in [5, 5.41) is 5.09. The zero-order valence-electron chi connectivity index (χ0n) is 43.3. The van der Waals surface area contributed by atoms with Crippen molar-refractivity contribution in [2.45, 2.75) is 38.5 Å². The highest BCUT2D eigenvalue weighted by Crippen LogP contribution is 2.54. The molecular formula is C74H56N2. The van der Waals surface area contributed by atoms with Gasteiger partial charge in [0, 0.05) is 45.0 Å². The molecule has 0 heterocycles. The highest BCUT2D eigenvalue weighted by Gasteiger charge is 2.38. The van der Waals surface area contributed by atoms with E-state index in [0.29, 0.717) is 0 Å². The molecule has 0 spiro atoms. The van der Waals surface area contributed by atoms with E-state index >= 15 is 0 Å². The topological polar surface area (TPSA) is 6.48 Å². The van der Waals surface area contributed by atoms with Gasteiger partial charge in [0.2, 0.25) is 0 Å². The smallest absolute Gasteiger partial charge is 0.0468 e. The predicted octanol–water partition coefficient (Wildman–Crippen LogP) is 20.5. The SMILES string of the molecule is CC1(C)c2ccccc2-c2ccc3cc(N(c4ccc(-c5ccccc5)cc4)c4ccc(-c5ccc(N(c6ccc(-c7ccccc7)cc6)c6ccc7c8c(ccc7c6)-c6ccccc6C8(C)C)cc5)cc4)ccc3c21. The van der Waals surface area contributed by atoms with Crippen LogP contribution in [0.5, 0.6) is 0 Å². The third-order valence-electron chi connectivity index (χ3n) is 16.6. The van der Waals surface area contributed by atoms with Crippen LogP contribution in [0.2, 0.25) is 0 Å². The normalized spacial score (nSPS) is 13.5. The second kappa shape index (κ2) is 17.7. The highest BCUT2D eigenvalue weighted by atomic mass is 15.1. The monoisotopic (exact) mass is 972 g/mol. The summed E-state index contributed by atoms with van der Waals surface area (Å²) in [5.41, 5.74) is 24.6. The lowest BCUT2D eigenvalue weighted by atomic mass is 9.80. The third-order valence-corrected chi connectivity index (χ3v) is 16.6. The Morgan fingerprint density at radius 2 is 0.526 bits per heavy atom. The van der Waals surface area contributed by atoms with Gasteiger partial charge < -0.3 is 9.80 Å². The highest BCUT2D eigenvalue weighted by molar-refractivity contribution is 6.01. The predicted molar refractivity (Wildman–Crippen MR) is 322 cm³/mol. The van der Waals surface area contributed by atoms with Gasteiger partial charge in [0.15, 0.2) is 0 Å². The van der Waals surface area contributed by atoms with Crippen LogP contribution in [0, 0.1) is 0 Å². The van der Waals surface area contributed by atoms with Crippen molar-refractivity contribution in [1.29, 1.82) is 0 Å². The number of nitrogens with zero attached hydrogens (tertiary/aromatic N) is 2. The summed E-state index contributed by atoms with van der Waals surface area (Å²) in [7, 11) is 0. The molecule has 0 saturated heterocycles. The molecule has 2 heteroatoms. The van der Waals surface area contributed by atoms with Crippen molar-refractivity contribution >= 4 is 55.7 Å². The van der Waals surface area contributed by atoms with E-state index < -0.39 is 0 Å². The average molecular weight is 973 g/mol. The molecule has 76 heavy (non-hydrogen) atoms. The zero-order valence-corrected chi connectivity index (χ0v) is 43.3. The van der Waals surface area contributed by atoms with Gasteiger partial charge >= 0.3 is 0 Å². The lowest BCUT2D eigenvalue weighted by Gasteiger charge is -2.28. The molecule has 2 aliphatic rings. The van der Waals surface area contributed by atoms with Gasteiger partial charge in [-0.25, -0.2) is 0 Å². The fourth-order valence-corrected chi connectivity index (χ4v) is 12.9. The van der Waals surface area contributed by atoms with Crippen LogP contribution >= 0.6 is 0 Å². The Morgan fingerprint density at radius 3 is 0.868 bits per heavy atom. The number of anilines is 6. The van der Waals surface area contributed by atoms with Crippen molar-refractivity contribution in [1.82, 2.24) is 0 Å². The van der Waals surface area contributed by atoms with Crippen molar-refractivity contribution in [2.24, 2.45) is 0 Å². The second-order valence-corrected chi connectivity index (χ2v) is 21.7. The lowest BCUT2D eigenvalue weighted by molar-refractivity contribution is 0.666. The minimum Gasteiger partial charge on any atom is -0.310 e. The van der Waals surface area contributed by atoms with Crippen LogP contribution in [0.15, 0.2) is 267 Å². The number of fused-ring (bicyclic) bond motifs is 10. The molecule has 0 radical (unpaired) electrons. The van der Waals surface area contributed by atoms with E-state index in [2.05, 4.69) is 304 Å². The number of rotatable bonds is 9. The maximum absolute atomic E-state index is 2.40. The first-order valence-electron chi connectivity index (χ1n) is 26.7. The molecule has 362 valence electrons. The summed E-state index contributed by atoms with van der Waals surface area (Å²) >= 11 is 0. The molecule has 2 nitrogen and oxygen atoms in total. The van der Waals surface area contributed by atoms with E-state index in [0.717, 1.165) is 45.3 Å². The summed E-state index contributed by atoms with van der Waals surface area (Å²) in [6, 6.07) is 98.6. The van der Waals surface area contributed by atoms with Crippen molar-refractivity contribution in [3.63, 3.8) is 0 Å². The van der Waals surface area contributed by atoms with Crippen molar-refractivity contribution in [3.05, 3.63) is 289 Å². The molecule has 0 aliphatic heterocycles. The van der Waals surface area contributed by atoms with Crippen LogP contribution < -0.4 is 9.80 Å². The van der Waals surface area contributed by atoms with Gasteiger partial charge in [-0.2, -0.15) is 0 Å². The number of hydrogen-bond acceptors (Lipinski definition) is 2. The second-order valence-electron chi connectivity index (χ2n) is 21.7. The molecule has 14 rings (SSSR count). The quantitative estimate of drug-likeness (QED) is 0.142. The largest absolute Gasteiger partial charge is 0.310 e. The van der Waals surface area contributed by atoms with Gasteiger partial charge in [-0.15, -0.1) is 0 Å². The van der Waals surface area contributed by atoms with E-state index in [1.165, 1.54) is 88.3 Å². The van der Waals surface area contributed by atoms with E-state index in [1.807, 2.05) is 0 Å². The molecule has 0 bridgehead atoms. The van der Waals surface area contributed by atoms with Gasteiger partial charge in [-0.05, 0) is 172 Å². The molecule has 0 atom stereocenters. The fraction of sp³-hybridized carbons (Fsp3) is 0.0811. The molecule has 0 aromatic heterocycles. The molecule has 12 aromatic carbocycles. The molecule has 0 saturated carbocycles. The van der Waals surface area contributed by atoms with E-state index in [9.17, 15) is 0 Å². The van der Waals surface area contributed by atoms with Crippen LogP contribution in [-0.4, -0.2) is 0 Å². The van der Waals surface area contributed by atoms with Gasteiger partial charge in [0.05, 0.1) is 0 Å². The molecule has 2 aliphatic carbocycles. The fourth-order valence-electron chi connectivity index (χ4n) is 12.9. The summed E-state index contributed by atoms with van der Waals surface area (Å²) in [6.45, 7) is 9.49. The van der Waals surface area contributed by atoms with Crippen LogP contribution in [0.1, 0.15) is 49.9 Å². The molecular weight excluding hydrogens is 917 g/mol. The molecule has 0 amide bonds.